The summed E-state index contributed by atoms with van der Waals surface area (Å²) in [4.78, 5) is 11.5. The van der Waals surface area contributed by atoms with Crippen LogP contribution in [0.4, 0.5) is 0 Å². The highest BCUT2D eigenvalue weighted by Crippen LogP contribution is 2.05. The zero-order valence-electron chi connectivity index (χ0n) is 12.8. The van der Waals surface area contributed by atoms with Crippen LogP contribution in [0, 0.1) is 0 Å². The fourth-order valence-electron chi connectivity index (χ4n) is 1.83. The van der Waals surface area contributed by atoms with Crippen molar-refractivity contribution in [1.29, 1.82) is 0 Å². The standard InChI is InChI=1S/C15H30O4/c1-4-5-6-7-8-14(16)9-11-19-12-10-15(18-3)13-17-2/h15H,4-13H2,1-3H3. The van der Waals surface area contributed by atoms with E-state index in [9.17, 15) is 4.79 Å². The van der Waals surface area contributed by atoms with Crippen LogP contribution in [-0.2, 0) is 19.0 Å². The summed E-state index contributed by atoms with van der Waals surface area (Å²) in [5.41, 5.74) is 0. The van der Waals surface area contributed by atoms with Gasteiger partial charge < -0.3 is 14.2 Å². The number of Topliss-reactive ketones (excluding diaryl/α,β-unsaturated/α-hetero) is 1. The van der Waals surface area contributed by atoms with Crippen LogP contribution in [0.15, 0.2) is 0 Å². The molecule has 0 aromatic heterocycles. The van der Waals surface area contributed by atoms with Gasteiger partial charge in [-0.2, -0.15) is 0 Å². The molecule has 19 heavy (non-hydrogen) atoms. The lowest BCUT2D eigenvalue weighted by Crippen LogP contribution is -2.19. The molecule has 0 aliphatic rings. The van der Waals surface area contributed by atoms with Crippen molar-refractivity contribution >= 4 is 5.78 Å². The first kappa shape index (κ1) is 18.6. The topological polar surface area (TPSA) is 44.8 Å². The smallest absolute Gasteiger partial charge is 0.135 e. The molecule has 0 amide bonds. The van der Waals surface area contributed by atoms with Gasteiger partial charge in [-0.3, -0.25) is 4.79 Å². The molecule has 0 aliphatic heterocycles. The van der Waals surface area contributed by atoms with Gasteiger partial charge in [-0.1, -0.05) is 26.2 Å². The Morgan fingerprint density at radius 1 is 1.05 bits per heavy atom. The van der Waals surface area contributed by atoms with E-state index in [0.717, 1.165) is 19.3 Å². The number of hydrogen-bond donors (Lipinski definition) is 0. The Hall–Kier alpha value is -0.450. The Bertz CT molecular complexity index is 206. The van der Waals surface area contributed by atoms with Crippen LogP contribution in [0.5, 0.6) is 0 Å². The van der Waals surface area contributed by atoms with Crippen molar-refractivity contribution in [3.63, 3.8) is 0 Å². The SMILES string of the molecule is CCCCCCC(=O)CCOCCC(COC)OC. The van der Waals surface area contributed by atoms with E-state index in [2.05, 4.69) is 6.92 Å². The Kier molecular flexibility index (Phi) is 13.6. The first-order chi connectivity index (χ1) is 9.24. The van der Waals surface area contributed by atoms with Crippen LogP contribution in [0.1, 0.15) is 51.9 Å². The van der Waals surface area contributed by atoms with E-state index in [1.54, 1.807) is 14.2 Å². The number of ether oxygens (including phenoxy) is 3. The highest BCUT2D eigenvalue weighted by Gasteiger charge is 2.07. The number of unbranched alkanes of at least 4 members (excludes halogenated alkanes) is 3. The van der Waals surface area contributed by atoms with Crippen LogP contribution in [0.2, 0.25) is 0 Å². The molecule has 4 nitrogen and oxygen atoms in total. The highest BCUT2D eigenvalue weighted by molar-refractivity contribution is 5.78. The van der Waals surface area contributed by atoms with E-state index < -0.39 is 0 Å². The molecular weight excluding hydrogens is 244 g/mol. The van der Waals surface area contributed by atoms with Gasteiger partial charge >= 0.3 is 0 Å². The van der Waals surface area contributed by atoms with Crippen molar-refractivity contribution in [3.05, 3.63) is 0 Å². The molecular formula is C15H30O4. The van der Waals surface area contributed by atoms with Gasteiger partial charge in [-0.05, 0) is 12.8 Å². The second-order valence-electron chi connectivity index (χ2n) is 4.81. The van der Waals surface area contributed by atoms with Gasteiger partial charge in [0.2, 0.25) is 0 Å². The van der Waals surface area contributed by atoms with Gasteiger partial charge in [-0.25, -0.2) is 0 Å². The maximum absolute atomic E-state index is 11.5. The molecule has 0 N–H and O–H groups in total. The lowest BCUT2D eigenvalue weighted by atomic mass is 10.1. The van der Waals surface area contributed by atoms with Crippen molar-refractivity contribution in [2.75, 3.05) is 34.0 Å². The van der Waals surface area contributed by atoms with Gasteiger partial charge in [0.15, 0.2) is 0 Å². The van der Waals surface area contributed by atoms with Crippen LogP contribution in [0.3, 0.4) is 0 Å². The third-order valence-electron chi connectivity index (χ3n) is 3.10. The average molecular weight is 274 g/mol. The molecule has 0 aromatic carbocycles. The van der Waals surface area contributed by atoms with E-state index >= 15 is 0 Å². The van der Waals surface area contributed by atoms with E-state index in [1.807, 2.05) is 0 Å². The number of carbonyl (C=O) groups excluding carboxylic acids is 1. The Labute approximate surface area is 117 Å². The van der Waals surface area contributed by atoms with Crippen LogP contribution in [-0.4, -0.2) is 45.9 Å². The Morgan fingerprint density at radius 3 is 2.47 bits per heavy atom. The quantitative estimate of drug-likeness (QED) is 0.457. The van der Waals surface area contributed by atoms with Crippen LogP contribution >= 0.6 is 0 Å². The molecule has 0 bridgehead atoms. The first-order valence-corrected chi connectivity index (χ1v) is 7.35. The van der Waals surface area contributed by atoms with Gasteiger partial charge in [0.25, 0.3) is 0 Å². The fraction of sp³-hybridized carbons (Fsp3) is 0.933. The molecule has 0 aliphatic carbocycles. The monoisotopic (exact) mass is 274 g/mol. The molecule has 1 atom stereocenters. The minimum Gasteiger partial charge on any atom is -0.382 e. The summed E-state index contributed by atoms with van der Waals surface area (Å²) in [6.07, 6.45) is 6.73. The van der Waals surface area contributed by atoms with E-state index in [0.29, 0.717) is 38.4 Å². The molecule has 1 unspecified atom stereocenters. The third kappa shape index (κ3) is 12.3. The summed E-state index contributed by atoms with van der Waals surface area (Å²) in [5, 5.41) is 0. The number of ketones is 1. The number of carbonyl (C=O) groups is 1. The summed E-state index contributed by atoms with van der Waals surface area (Å²) < 4.78 is 15.7. The average Bonchev–Trinajstić information content (AvgIpc) is 2.42. The van der Waals surface area contributed by atoms with Crippen molar-refractivity contribution in [2.45, 2.75) is 58.0 Å². The second kappa shape index (κ2) is 14.0. The van der Waals surface area contributed by atoms with Gasteiger partial charge in [-0.15, -0.1) is 0 Å². The van der Waals surface area contributed by atoms with E-state index in [1.165, 1.54) is 12.8 Å². The zero-order valence-corrected chi connectivity index (χ0v) is 12.8. The third-order valence-corrected chi connectivity index (χ3v) is 3.10. The molecule has 0 saturated heterocycles. The fourth-order valence-corrected chi connectivity index (χ4v) is 1.83. The summed E-state index contributed by atoms with van der Waals surface area (Å²) in [7, 11) is 3.33. The largest absolute Gasteiger partial charge is 0.382 e. The van der Waals surface area contributed by atoms with E-state index in [-0.39, 0.29) is 6.10 Å². The molecule has 0 rings (SSSR count). The van der Waals surface area contributed by atoms with Gasteiger partial charge in [0.05, 0.1) is 19.3 Å². The molecule has 0 fully saturated rings. The summed E-state index contributed by atoms with van der Waals surface area (Å²) in [6, 6.07) is 0. The molecule has 0 spiro atoms. The van der Waals surface area contributed by atoms with Crippen LogP contribution in [0.25, 0.3) is 0 Å². The summed E-state index contributed by atoms with van der Waals surface area (Å²) in [6.45, 7) is 3.89. The van der Waals surface area contributed by atoms with Crippen LogP contribution < -0.4 is 0 Å². The minimum absolute atomic E-state index is 0.0785. The number of rotatable bonds is 14. The number of methoxy groups -OCH3 is 2. The summed E-state index contributed by atoms with van der Waals surface area (Å²) >= 11 is 0. The van der Waals surface area contributed by atoms with Crippen molar-refractivity contribution in [3.8, 4) is 0 Å². The zero-order chi connectivity index (χ0) is 14.3. The molecule has 114 valence electrons. The number of hydrogen-bond acceptors (Lipinski definition) is 4. The van der Waals surface area contributed by atoms with Crippen molar-refractivity contribution < 1.29 is 19.0 Å². The van der Waals surface area contributed by atoms with Crippen molar-refractivity contribution in [2.24, 2.45) is 0 Å². The Morgan fingerprint density at radius 2 is 1.84 bits per heavy atom. The van der Waals surface area contributed by atoms with Gasteiger partial charge in [0, 0.05) is 33.7 Å². The van der Waals surface area contributed by atoms with E-state index in [4.69, 9.17) is 14.2 Å². The van der Waals surface area contributed by atoms with Gasteiger partial charge in [0.1, 0.15) is 5.78 Å². The molecule has 0 saturated carbocycles. The highest BCUT2D eigenvalue weighted by atomic mass is 16.5. The predicted octanol–water partition coefficient (Wildman–Crippen LogP) is 2.98. The maximum atomic E-state index is 11.5. The lowest BCUT2D eigenvalue weighted by molar-refractivity contribution is -0.120. The Balaban J connectivity index is 3.35. The van der Waals surface area contributed by atoms with Crippen molar-refractivity contribution in [1.82, 2.24) is 0 Å². The minimum atomic E-state index is 0.0785. The summed E-state index contributed by atoms with van der Waals surface area (Å²) in [5.74, 6) is 0.316. The molecule has 0 radical (unpaired) electrons. The normalized spacial score (nSPS) is 12.6. The molecule has 4 heteroatoms. The first-order valence-electron chi connectivity index (χ1n) is 7.35. The molecule has 0 aromatic rings. The lowest BCUT2D eigenvalue weighted by Gasteiger charge is -2.13. The molecule has 0 heterocycles. The second-order valence-corrected chi connectivity index (χ2v) is 4.81. The maximum Gasteiger partial charge on any atom is 0.135 e. The predicted molar refractivity (Wildman–Crippen MR) is 76.5 cm³/mol.